The lowest BCUT2D eigenvalue weighted by atomic mass is 10.1. The minimum Gasteiger partial charge on any atom is -0.327 e. The number of amides is 1. The van der Waals surface area contributed by atoms with Crippen LogP contribution in [-0.4, -0.2) is 37.8 Å². The number of nitrogens with two attached hydrogens (primary N) is 1. The molecule has 3 N–H and O–H groups in total. The highest BCUT2D eigenvalue weighted by Crippen LogP contribution is 2.34. The van der Waals surface area contributed by atoms with Gasteiger partial charge < -0.3 is 11.1 Å². The van der Waals surface area contributed by atoms with Gasteiger partial charge in [0, 0.05) is 29.3 Å². The van der Waals surface area contributed by atoms with Gasteiger partial charge in [-0.1, -0.05) is 0 Å². The Labute approximate surface area is 131 Å². The number of carbonyl (C=O) groups is 1. The number of halogens is 1. The van der Waals surface area contributed by atoms with E-state index in [1.54, 1.807) is 12.1 Å². The monoisotopic (exact) mass is 373 g/mol. The highest BCUT2D eigenvalue weighted by Gasteiger charge is 2.32. The zero-order chi connectivity index (χ0) is 15.2. The van der Waals surface area contributed by atoms with Gasteiger partial charge in [-0.3, -0.25) is 4.79 Å². The van der Waals surface area contributed by atoms with E-state index in [9.17, 15) is 13.2 Å². The number of rotatable bonds is 2. The molecular formula is C13H16BrN3O3S. The van der Waals surface area contributed by atoms with E-state index < -0.39 is 10.0 Å². The molecular weight excluding hydrogens is 358 g/mol. The molecule has 1 aromatic rings. The molecule has 0 radical (unpaired) electrons. The summed E-state index contributed by atoms with van der Waals surface area (Å²) < 4.78 is 27.4. The van der Waals surface area contributed by atoms with Gasteiger partial charge in [-0.25, -0.2) is 8.42 Å². The number of nitrogens with one attached hydrogen (secondary N) is 1. The van der Waals surface area contributed by atoms with E-state index in [1.165, 1.54) is 4.31 Å². The zero-order valence-electron chi connectivity index (χ0n) is 11.3. The van der Waals surface area contributed by atoms with Gasteiger partial charge in [-0.05, 0) is 46.5 Å². The molecule has 2 aliphatic heterocycles. The van der Waals surface area contributed by atoms with Crippen molar-refractivity contribution in [3.05, 3.63) is 22.2 Å². The van der Waals surface area contributed by atoms with Crippen LogP contribution in [0.1, 0.15) is 18.4 Å². The predicted octanol–water partition coefficient (Wildman–Crippen LogP) is 1.06. The lowest BCUT2D eigenvalue weighted by Crippen LogP contribution is -2.45. The van der Waals surface area contributed by atoms with Crippen LogP contribution in [0.15, 0.2) is 21.5 Å². The second-order valence-corrected chi connectivity index (χ2v) is 8.19. The predicted molar refractivity (Wildman–Crippen MR) is 82.4 cm³/mol. The Balaban J connectivity index is 2.00. The summed E-state index contributed by atoms with van der Waals surface area (Å²) in [6.07, 6.45) is 1.82. The fourth-order valence-corrected chi connectivity index (χ4v) is 5.34. The number of hydrogen-bond donors (Lipinski definition) is 2. The molecule has 0 saturated carbocycles. The van der Waals surface area contributed by atoms with E-state index in [1.807, 2.05) is 0 Å². The highest BCUT2D eigenvalue weighted by atomic mass is 79.9. The van der Waals surface area contributed by atoms with E-state index in [2.05, 4.69) is 21.2 Å². The molecule has 1 atom stereocenters. The second kappa shape index (κ2) is 5.35. The summed E-state index contributed by atoms with van der Waals surface area (Å²) in [6, 6.07) is 3.11. The van der Waals surface area contributed by atoms with E-state index in [-0.39, 0.29) is 23.3 Å². The van der Waals surface area contributed by atoms with E-state index in [0.29, 0.717) is 28.8 Å². The van der Waals surface area contributed by atoms with Crippen LogP contribution < -0.4 is 11.1 Å². The topological polar surface area (TPSA) is 92.5 Å². The van der Waals surface area contributed by atoms with Gasteiger partial charge in [0.25, 0.3) is 0 Å². The molecule has 0 bridgehead atoms. The van der Waals surface area contributed by atoms with Crippen molar-refractivity contribution in [1.29, 1.82) is 0 Å². The maximum absolute atomic E-state index is 12.8. The third-order valence-electron chi connectivity index (χ3n) is 3.82. The number of sulfonamides is 1. The van der Waals surface area contributed by atoms with Crippen molar-refractivity contribution < 1.29 is 13.2 Å². The van der Waals surface area contributed by atoms with Crippen molar-refractivity contribution in [2.45, 2.75) is 30.2 Å². The lowest BCUT2D eigenvalue weighted by molar-refractivity contribution is -0.115. The van der Waals surface area contributed by atoms with Crippen molar-refractivity contribution in [3.8, 4) is 0 Å². The van der Waals surface area contributed by atoms with Gasteiger partial charge in [0.05, 0.1) is 11.3 Å². The van der Waals surface area contributed by atoms with Gasteiger partial charge in [0.2, 0.25) is 15.9 Å². The fourth-order valence-electron chi connectivity index (χ4n) is 2.75. The van der Waals surface area contributed by atoms with E-state index in [0.717, 1.165) is 12.8 Å². The first-order valence-electron chi connectivity index (χ1n) is 6.76. The Morgan fingerprint density at radius 1 is 1.38 bits per heavy atom. The van der Waals surface area contributed by atoms with Crippen molar-refractivity contribution in [3.63, 3.8) is 0 Å². The van der Waals surface area contributed by atoms with Gasteiger partial charge in [0.15, 0.2) is 0 Å². The molecule has 1 saturated heterocycles. The molecule has 0 spiro atoms. The van der Waals surface area contributed by atoms with Gasteiger partial charge in [-0.15, -0.1) is 0 Å². The molecule has 8 heteroatoms. The third kappa shape index (κ3) is 2.73. The van der Waals surface area contributed by atoms with Crippen LogP contribution in [0.4, 0.5) is 5.69 Å². The summed E-state index contributed by atoms with van der Waals surface area (Å²) in [6.45, 7) is 0.819. The van der Waals surface area contributed by atoms with Crippen LogP contribution in [0.3, 0.4) is 0 Å². The lowest BCUT2D eigenvalue weighted by Gasteiger charge is -2.30. The van der Waals surface area contributed by atoms with Crippen molar-refractivity contribution in [1.82, 2.24) is 4.31 Å². The van der Waals surface area contributed by atoms with Gasteiger partial charge >= 0.3 is 0 Å². The first-order chi connectivity index (χ1) is 9.88. The van der Waals surface area contributed by atoms with E-state index in [4.69, 9.17) is 5.73 Å². The highest BCUT2D eigenvalue weighted by molar-refractivity contribution is 9.10. The Morgan fingerprint density at radius 3 is 2.86 bits per heavy atom. The standard InChI is InChI=1S/C13H16BrN3O3S/c14-10-6-11-8(5-13(18)16-11)4-12(10)21(19,20)17-3-1-2-9(15)7-17/h4,6,9H,1-3,5,7,15H2,(H,16,18)/t9-/m1/s1. The molecule has 2 heterocycles. The largest absolute Gasteiger partial charge is 0.327 e. The van der Waals surface area contributed by atoms with Crippen LogP contribution in [0.25, 0.3) is 0 Å². The Kier molecular flexibility index (Phi) is 3.81. The van der Waals surface area contributed by atoms with Crippen molar-refractivity contribution in [2.75, 3.05) is 18.4 Å². The number of anilines is 1. The van der Waals surface area contributed by atoms with Crippen LogP contribution in [0.2, 0.25) is 0 Å². The summed E-state index contributed by atoms with van der Waals surface area (Å²) in [5.41, 5.74) is 7.25. The summed E-state index contributed by atoms with van der Waals surface area (Å²) in [5, 5.41) is 2.71. The Morgan fingerprint density at radius 2 is 2.14 bits per heavy atom. The van der Waals surface area contributed by atoms with Crippen LogP contribution in [0, 0.1) is 0 Å². The van der Waals surface area contributed by atoms with Gasteiger partial charge in [0.1, 0.15) is 0 Å². The summed E-state index contributed by atoms with van der Waals surface area (Å²) >= 11 is 3.30. The summed E-state index contributed by atoms with van der Waals surface area (Å²) in [5.74, 6) is -0.119. The van der Waals surface area contributed by atoms with Gasteiger partial charge in [-0.2, -0.15) is 4.31 Å². The maximum Gasteiger partial charge on any atom is 0.244 e. The summed E-state index contributed by atoms with van der Waals surface area (Å²) in [7, 11) is -3.60. The minimum absolute atomic E-state index is 0.119. The molecule has 6 nitrogen and oxygen atoms in total. The number of piperidine rings is 1. The molecule has 0 aliphatic carbocycles. The number of carbonyl (C=O) groups excluding carboxylic acids is 1. The average molecular weight is 374 g/mol. The van der Waals surface area contributed by atoms with Crippen LogP contribution in [0.5, 0.6) is 0 Å². The molecule has 1 amide bonds. The second-order valence-electron chi connectivity index (χ2n) is 5.43. The number of benzene rings is 1. The molecule has 114 valence electrons. The first-order valence-corrected chi connectivity index (χ1v) is 8.99. The third-order valence-corrected chi connectivity index (χ3v) is 6.64. The fraction of sp³-hybridized carbons (Fsp3) is 0.462. The average Bonchev–Trinajstić information content (AvgIpc) is 2.76. The maximum atomic E-state index is 12.8. The normalized spacial score (nSPS) is 23.0. The van der Waals surface area contributed by atoms with Crippen molar-refractivity contribution in [2.24, 2.45) is 5.73 Å². The van der Waals surface area contributed by atoms with Crippen LogP contribution >= 0.6 is 15.9 Å². The Bertz CT molecular complexity index is 705. The smallest absolute Gasteiger partial charge is 0.244 e. The zero-order valence-corrected chi connectivity index (χ0v) is 13.7. The molecule has 3 rings (SSSR count). The molecule has 1 fully saturated rings. The van der Waals surface area contributed by atoms with Crippen LogP contribution in [-0.2, 0) is 21.2 Å². The number of hydrogen-bond acceptors (Lipinski definition) is 4. The first kappa shape index (κ1) is 15.0. The molecule has 21 heavy (non-hydrogen) atoms. The SMILES string of the molecule is N[C@@H]1CCCN(S(=O)(=O)c2cc3c(cc2Br)NC(=O)C3)C1. The molecule has 0 aromatic heterocycles. The number of fused-ring (bicyclic) bond motifs is 1. The quantitative estimate of drug-likeness (QED) is 0.810. The van der Waals surface area contributed by atoms with E-state index >= 15 is 0 Å². The summed E-state index contributed by atoms with van der Waals surface area (Å²) in [4.78, 5) is 11.6. The molecule has 2 aliphatic rings. The molecule has 1 aromatic carbocycles. The number of nitrogens with zero attached hydrogens (tertiary/aromatic N) is 1. The van der Waals surface area contributed by atoms with Crippen molar-refractivity contribution >= 4 is 37.5 Å². The minimum atomic E-state index is -3.60. The Hall–Kier alpha value is -0.960. The molecule has 0 unspecified atom stereocenters.